The normalized spacial score (nSPS) is 11.7. The second-order valence-corrected chi connectivity index (χ2v) is 8.21. The fraction of sp³-hybridized carbons (Fsp3) is 0.0741. The predicted octanol–water partition coefficient (Wildman–Crippen LogP) is 5.75. The van der Waals surface area contributed by atoms with Crippen LogP contribution in [0.5, 0.6) is 0 Å². The van der Waals surface area contributed by atoms with Crippen LogP contribution < -0.4 is 10.6 Å². The maximum Gasteiger partial charge on any atom is 0.293 e. The summed E-state index contributed by atoms with van der Waals surface area (Å²) in [6.07, 6.45) is 3.42. The lowest BCUT2D eigenvalue weighted by atomic mass is 10.1. The van der Waals surface area contributed by atoms with E-state index in [4.69, 9.17) is 0 Å². The first-order valence-electron chi connectivity index (χ1n) is 11.3. The molecule has 2 N–H and O–H groups in total. The topological polar surface area (TPSA) is 115 Å². The van der Waals surface area contributed by atoms with Crippen LogP contribution in [-0.2, 0) is 0 Å². The minimum atomic E-state index is -0.505. The number of carbonyl (C=O) groups excluding carboxylic acids is 1. The molecule has 3 aromatic carbocycles. The van der Waals surface area contributed by atoms with Gasteiger partial charge in [0.15, 0.2) is 0 Å². The molecule has 0 bridgehead atoms. The molecule has 5 aromatic rings. The van der Waals surface area contributed by atoms with Crippen LogP contribution in [0.2, 0.25) is 0 Å². The van der Waals surface area contributed by atoms with Crippen LogP contribution in [0, 0.1) is 10.1 Å². The molecular formula is C27H22N6O3. The fourth-order valence-corrected chi connectivity index (χ4v) is 3.96. The number of rotatable bonds is 7. The summed E-state index contributed by atoms with van der Waals surface area (Å²) in [4.78, 5) is 32.8. The highest BCUT2D eigenvalue weighted by Crippen LogP contribution is 2.29. The molecule has 0 radical (unpaired) electrons. The zero-order valence-corrected chi connectivity index (χ0v) is 19.3. The monoisotopic (exact) mass is 478 g/mol. The van der Waals surface area contributed by atoms with Gasteiger partial charge in [0.2, 0.25) is 0 Å². The Morgan fingerprint density at radius 3 is 2.50 bits per heavy atom. The van der Waals surface area contributed by atoms with Gasteiger partial charge >= 0.3 is 0 Å². The van der Waals surface area contributed by atoms with E-state index < -0.39 is 10.8 Å². The average molecular weight is 479 g/mol. The van der Waals surface area contributed by atoms with Gasteiger partial charge < -0.3 is 10.6 Å². The van der Waals surface area contributed by atoms with Crippen LogP contribution in [0.15, 0.2) is 97.5 Å². The van der Waals surface area contributed by atoms with Crippen LogP contribution in [0.25, 0.3) is 16.7 Å². The summed E-state index contributed by atoms with van der Waals surface area (Å²) in [7, 11) is 0. The summed E-state index contributed by atoms with van der Waals surface area (Å²) in [5.74, 6) is -0.441. The van der Waals surface area contributed by atoms with Crippen molar-refractivity contribution in [2.45, 2.75) is 13.0 Å². The number of nitro benzene ring substituents is 1. The number of imidazole rings is 1. The van der Waals surface area contributed by atoms with Crippen LogP contribution in [0.3, 0.4) is 0 Å². The number of hydrogen-bond donors (Lipinski definition) is 2. The molecule has 9 nitrogen and oxygen atoms in total. The largest absolute Gasteiger partial charge is 0.371 e. The second-order valence-electron chi connectivity index (χ2n) is 8.21. The molecule has 0 aliphatic rings. The van der Waals surface area contributed by atoms with Crippen molar-refractivity contribution in [2.75, 3.05) is 10.6 Å². The van der Waals surface area contributed by atoms with E-state index in [0.717, 1.165) is 22.4 Å². The number of fused-ring (bicyclic) bond motifs is 1. The van der Waals surface area contributed by atoms with E-state index in [0.29, 0.717) is 11.4 Å². The molecule has 178 valence electrons. The quantitative estimate of drug-likeness (QED) is 0.227. The van der Waals surface area contributed by atoms with Gasteiger partial charge in [0.05, 0.1) is 27.7 Å². The average Bonchev–Trinajstić information content (AvgIpc) is 3.34. The number of aromatic nitrogens is 3. The van der Waals surface area contributed by atoms with Gasteiger partial charge in [-0.3, -0.25) is 24.5 Å². The Morgan fingerprint density at radius 2 is 1.75 bits per heavy atom. The molecule has 0 aliphatic carbocycles. The van der Waals surface area contributed by atoms with Gasteiger partial charge in [-0.25, -0.2) is 4.98 Å². The minimum Gasteiger partial charge on any atom is -0.371 e. The number of para-hydroxylation sites is 2. The molecule has 0 fully saturated rings. The number of amides is 1. The van der Waals surface area contributed by atoms with Crippen molar-refractivity contribution in [3.8, 4) is 5.69 Å². The van der Waals surface area contributed by atoms with Crippen molar-refractivity contribution in [3.63, 3.8) is 0 Å². The molecule has 2 aromatic heterocycles. The third kappa shape index (κ3) is 4.62. The van der Waals surface area contributed by atoms with E-state index in [9.17, 15) is 14.9 Å². The van der Waals surface area contributed by atoms with Gasteiger partial charge in [-0.15, -0.1) is 0 Å². The molecule has 9 heteroatoms. The number of nitrogens with zero attached hydrogens (tertiary/aromatic N) is 4. The molecule has 2 heterocycles. The molecule has 0 spiro atoms. The SMILES string of the molecule is CC(Nc1ccc(C(=O)Nc2ccc(-n3cnc4ccccc43)cc2)cc1[N+](=O)[O-])c1ccccn1. The van der Waals surface area contributed by atoms with Crippen LogP contribution >= 0.6 is 0 Å². The highest BCUT2D eigenvalue weighted by Gasteiger charge is 2.20. The van der Waals surface area contributed by atoms with Crippen molar-refractivity contribution < 1.29 is 9.72 Å². The van der Waals surface area contributed by atoms with Crippen molar-refractivity contribution in [1.29, 1.82) is 0 Å². The number of benzene rings is 3. The first kappa shape index (κ1) is 22.7. The van der Waals surface area contributed by atoms with Gasteiger partial charge in [0.1, 0.15) is 12.0 Å². The molecule has 1 unspecified atom stereocenters. The Bertz CT molecular complexity index is 1550. The highest BCUT2D eigenvalue weighted by molar-refractivity contribution is 6.05. The van der Waals surface area contributed by atoms with Crippen molar-refractivity contribution in [2.24, 2.45) is 0 Å². The predicted molar refractivity (Wildman–Crippen MR) is 138 cm³/mol. The molecule has 0 saturated heterocycles. The smallest absolute Gasteiger partial charge is 0.293 e. The summed E-state index contributed by atoms with van der Waals surface area (Å²) in [6.45, 7) is 1.86. The molecule has 1 amide bonds. The molecule has 0 aliphatic heterocycles. The van der Waals surface area contributed by atoms with Crippen LogP contribution in [-0.4, -0.2) is 25.4 Å². The summed E-state index contributed by atoms with van der Waals surface area (Å²) in [5, 5.41) is 17.6. The third-order valence-corrected chi connectivity index (χ3v) is 5.82. The molecule has 5 rings (SSSR count). The maximum atomic E-state index is 12.9. The van der Waals surface area contributed by atoms with E-state index in [-0.39, 0.29) is 17.3 Å². The van der Waals surface area contributed by atoms with Crippen molar-refractivity contribution in [3.05, 3.63) is 119 Å². The Morgan fingerprint density at radius 1 is 0.972 bits per heavy atom. The molecule has 36 heavy (non-hydrogen) atoms. The lowest BCUT2D eigenvalue weighted by molar-refractivity contribution is -0.384. The van der Waals surface area contributed by atoms with E-state index >= 15 is 0 Å². The van der Waals surface area contributed by atoms with E-state index in [2.05, 4.69) is 20.6 Å². The lowest BCUT2D eigenvalue weighted by Crippen LogP contribution is -2.14. The number of anilines is 2. The van der Waals surface area contributed by atoms with E-state index in [1.807, 2.05) is 60.0 Å². The molecule has 1 atom stereocenters. The summed E-state index contributed by atoms with van der Waals surface area (Å²) in [5.41, 5.74) is 4.40. The Kier molecular flexibility index (Phi) is 6.10. The minimum absolute atomic E-state index is 0.183. The third-order valence-electron chi connectivity index (χ3n) is 5.82. The zero-order valence-electron chi connectivity index (χ0n) is 19.3. The van der Waals surface area contributed by atoms with Gasteiger partial charge in [-0.1, -0.05) is 18.2 Å². The first-order chi connectivity index (χ1) is 17.5. The Balaban J connectivity index is 1.32. The standard InChI is InChI=1S/C27H22N6O3/c1-18(22-6-4-5-15-28-22)30-24-14-9-19(16-26(24)33(35)36)27(34)31-20-10-12-21(13-11-20)32-17-29-23-7-2-3-8-25(23)32/h2-18,30H,1H3,(H,31,34). The zero-order chi connectivity index (χ0) is 25.1. The number of hydrogen-bond acceptors (Lipinski definition) is 6. The molecule has 0 saturated carbocycles. The summed E-state index contributed by atoms with van der Waals surface area (Å²) >= 11 is 0. The van der Waals surface area contributed by atoms with Crippen molar-refractivity contribution in [1.82, 2.24) is 14.5 Å². The number of nitro groups is 1. The summed E-state index contributed by atoms with van der Waals surface area (Å²) in [6, 6.07) is 24.7. The van der Waals surface area contributed by atoms with Gasteiger partial charge in [-0.05, 0) is 67.6 Å². The lowest BCUT2D eigenvalue weighted by Gasteiger charge is -2.15. The van der Waals surface area contributed by atoms with Gasteiger partial charge in [-0.2, -0.15) is 0 Å². The fourth-order valence-electron chi connectivity index (χ4n) is 3.96. The number of nitrogens with one attached hydrogen (secondary N) is 2. The second kappa shape index (κ2) is 9.67. The van der Waals surface area contributed by atoms with E-state index in [1.54, 1.807) is 42.9 Å². The van der Waals surface area contributed by atoms with E-state index in [1.165, 1.54) is 6.07 Å². The van der Waals surface area contributed by atoms with Crippen LogP contribution in [0.4, 0.5) is 17.1 Å². The van der Waals surface area contributed by atoms with Crippen molar-refractivity contribution >= 4 is 34.0 Å². The molecular weight excluding hydrogens is 456 g/mol. The highest BCUT2D eigenvalue weighted by atomic mass is 16.6. The number of carbonyl (C=O) groups is 1. The van der Waals surface area contributed by atoms with Gasteiger partial charge in [0.25, 0.3) is 11.6 Å². The number of pyridine rings is 1. The first-order valence-corrected chi connectivity index (χ1v) is 11.3. The maximum absolute atomic E-state index is 12.9. The Labute approximate surface area is 206 Å². The Hall–Kier alpha value is -5.05. The van der Waals surface area contributed by atoms with Gasteiger partial charge in [0, 0.05) is 29.2 Å². The van der Waals surface area contributed by atoms with Crippen LogP contribution in [0.1, 0.15) is 29.0 Å². The summed E-state index contributed by atoms with van der Waals surface area (Å²) < 4.78 is 1.96.